The number of thioether (sulfide) groups is 1. The molecule has 1 aromatic carbocycles. The Hall–Kier alpha value is -3.66. The third kappa shape index (κ3) is 5.63. The van der Waals surface area contributed by atoms with Crippen molar-refractivity contribution in [3.8, 4) is 11.8 Å². The van der Waals surface area contributed by atoms with Crippen molar-refractivity contribution >= 4 is 56.9 Å². The molecule has 1 unspecified atom stereocenters. The van der Waals surface area contributed by atoms with Crippen LogP contribution in [0.5, 0.6) is 5.75 Å². The minimum absolute atomic E-state index is 0.0139. The van der Waals surface area contributed by atoms with Crippen molar-refractivity contribution in [1.82, 2.24) is 10.2 Å². The third-order valence-electron chi connectivity index (χ3n) is 6.57. The fourth-order valence-corrected chi connectivity index (χ4v) is 7.47. The van der Waals surface area contributed by atoms with E-state index in [-0.39, 0.29) is 28.7 Å². The molecule has 3 aromatic rings. The molecular formula is C28H28N6O3S3. The zero-order valence-electron chi connectivity index (χ0n) is 22.3. The Kier molecular flexibility index (Phi) is 7.98. The summed E-state index contributed by atoms with van der Waals surface area (Å²) >= 11 is 4.03. The highest BCUT2D eigenvalue weighted by molar-refractivity contribution is 8.01. The van der Waals surface area contributed by atoms with E-state index >= 15 is 0 Å². The van der Waals surface area contributed by atoms with E-state index in [1.165, 1.54) is 34.4 Å². The van der Waals surface area contributed by atoms with Gasteiger partial charge in [-0.2, -0.15) is 5.26 Å². The fraction of sp³-hybridized carbons (Fsp3) is 0.321. The van der Waals surface area contributed by atoms with Crippen LogP contribution in [0.25, 0.3) is 0 Å². The molecule has 206 valence electrons. The topological polar surface area (TPSA) is 134 Å². The lowest BCUT2D eigenvalue weighted by atomic mass is 9.70. The van der Waals surface area contributed by atoms with Crippen molar-refractivity contribution in [2.45, 2.75) is 43.9 Å². The standard InChI is InChI=1S/C28H28N6O3S3/c1-4-37-17-9-7-16(8-10-17)31-22(36)15-39-27-33-32-26(40-27)34-19-12-28(2,3)13-20(35)24(19)23(18(14-29)25(34)30)21-6-5-11-38-21/h5-11,23H,4,12-13,15,30H2,1-3H3,(H,31,36). The average Bonchev–Trinajstić information content (AvgIpc) is 3.60. The number of aromatic nitrogens is 2. The summed E-state index contributed by atoms with van der Waals surface area (Å²) in [7, 11) is 0. The quantitative estimate of drug-likeness (QED) is 0.317. The number of Topliss-reactive ketones (excluding diaryl/α,β-unsaturated/α-hetero) is 1. The van der Waals surface area contributed by atoms with E-state index in [1.807, 2.05) is 24.4 Å². The van der Waals surface area contributed by atoms with Crippen LogP contribution in [0.2, 0.25) is 0 Å². The number of ether oxygens (including phenoxy) is 1. The summed E-state index contributed by atoms with van der Waals surface area (Å²) in [6.45, 7) is 6.59. The van der Waals surface area contributed by atoms with Crippen molar-refractivity contribution in [3.05, 3.63) is 69.3 Å². The molecule has 3 heterocycles. The van der Waals surface area contributed by atoms with Gasteiger partial charge in [0, 0.05) is 28.3 Å². The largest absolute Gasteiger partial charge is 0.494 e. The maximum Gasteiger partial charge on any atom is 0.234 e. The molecular weight excluding hydrogens is 565 g/mol. The predicted molar refractivity (Wildman–Crippen MR) is 158 cm³/mol. The Bertz CT molecular complexity index is 1530. The van der Waals surface area contributed by atoms with Gasteiger partial charge in [0.05, 0.1) is 29.9 Å². The van der Waals surface area contributed by atoms with Crippen LogP contribution in [0.4, 0.5) is 10.8 Å². The molecule has 2 aromatic heterocycles. The SMILES string of the molecule is CCOc1ccc(NC(=O)CSc2nnc(N3C(N)=C(C#N)C(c4cccs4)C4=C3CC(C)(C)CC4=O)s2)cc1. The Labute approximate surface area is 244 Å². The maximum atomic E-state index is 13.5. The summed E-state index contributed by atoms with van der Waals surface area (Å²) in [6, 6.07) is 13.3. The molecule has 0 saturated carbocycles. The van der Waals surface area contributed by atoms with Gasteiger partial charge in [0.25, 0.3) is 0 Å². The van der Waals surface area contributed by atoms with Crippen molar-refractivity contribution in [2.24, 2.45) is 11.1 Å². The monoisotopic (exact) mass is 592 g/mol. The number of carbonyl (C=O) groups excluding carboxylic acids is 2. The minimum atomic E-state index is -0.493. The second-order valence-corrected chi connectivity index (χ2v) is 13.3. The number of benzene rings is 1. The van der Waals surface area contributed by atoms with Gasteiger partial charge in [0.15, 0.2) is 10.1 Å². The van der Waals surface area contributed by atoms with Crippen LogP contribution in [-0.4, -0.2) is 34.2 Å². The van der Waals surface area contributed by atoms with E-state index in [9.17, 15) is 14.9 Å². The summed E-state index contributed by atoms with van der Waals surface area (Å²) in [6.07, 6.45) is 0.989. The van der Waals surface area contributed by atoms with Gasteiger partial charge in [0.1, 0.15) is 11.6 Å². The normalized spacial score (nSPS) is 18.4. The number of nitrogens with one attached hydrogen (secondary N) is 1. The number of allylic oxidation sites excluding steroid dienone is 3. The van der Waals surface area contributed by atoms with Crippen molar-refractivity contribution < 1.29 is 14.3 Å². The molecule has 40 heavy (non-hydrogen) atoms. The van der Waals surface area contributed by atoms with Crippen LogP contribution in [0.1, 0.15) is 44.4 Å². The first kappa shape index (κ1) is 27.9. The summed E-state index contributed by atoms with van der Waals surface area (Å²) in [5, 5.41) is 24.1. The predicted octanol–water partition coefficient (Wildman–Crippen LogP) is 5.67. The molecule has 9 nitrogen and oxygen atoms in total. The third-order valence-corrected chi connectivity index (χ3v) is 9.55. The van der Waals surface area contributed by atoms with Gasteiger partial charge in [-0.1, -0.05) is 43.0 Å². The van der Waals surface area contributed by atoms with Crippen LogP contribution in [0.3, 0.4) is 0 Å². The van der Waals surface area contributed by atoms with Gasteiger partial charge in [0.2, 0.25) is 11.0 Å². The number of nitrogens with zero attached hydrogens (tertiary/aromatic N) is 4. The number of carbonyl (C=O) groups is 2. The zero-order chi connectivity index (χ0) is 28.4. The lowest BCUT2D eigenvalue weighted by Crippen LogP contribution is -2.42. The van der Waals surface area contributed by atoms with Crippen molar-refractivity contribution in [1.29, 1.82) is 5.26 Å². The second-order valence-electron chi connectivity index (χ2n) is 10.1. The minimum Gasteiger partial charge on any atom is -0.494 e. The molecule has 12 heteroatoms. The number of hydrogen-bond acceptors (Lipinski definition) is 11. The first-order chi connectivity index (χ1) is 19.2. The molecule has 1 aliphatic heterocycles. The van der Waals surface area contributed by atoms with Gasteiger partial charge in [-0.25, -0.2) is 0 Å². The molecule has 3 N–H and O–H groups in total. The van der Waals surface area contributed by atoms with E-state index in [1.54, 1.807) is 29.2 Å². The highest BCUT2D eigenvalue weighted by Crippen LogP contribution is 2.51. The van der Waals surface area contributed by atoms with Crippen molar-refractivity contribution in [3.63, 3.8) is 0 Å². The molecule has 5 rings (SSSR count). The highest BCUT2D eigenvalue weighted by atomic mass is 32.2. The number of amides is 1. The van der Waals surface area contributed by atoms with Crippen LogP contribution < -0.4 is 20.7 Å². The maximum absolute atomic E-state index is 13.5. The number of hydrogen-bond donors (Lipinski definition) is 2. The molecule has 0 bridgehead atoms. The number of nitrogens with two attached hydrogens (primary N) is 1. The van der Waals surface area contributed by atoms with E-state index in [0.29, 0.717) is 45.8 Å². The van der Waals surface area contributed by atoms with Gasteiger partial charge in [-0.15, -0.1) is 21.5 Å². The van der Waals surface area contributed by atoms with Crippen molar-refractivity contribution in [2.75, 3.05) is 22.6 Å². The van der Waals surface area contributed by atoms with Gasteiger partial charge >= 0.3 is 0 Å². The number of thiophene rings is 1. The molecule has 0 fully saturated rings. The molecule has 1 aliphatic carbocycles. The number of nitriles is 1. The van der Waals surface area contributed by atoms with Crippen LogP contribution >= 0.6 is 34.4 Å². The summed E-state index contributed by atoms with van der Waals surface area (Å²) in [5.74, 6) is 0.471. The number of rotatable bonds is 8. The molecule has 0 spiro atoms. The van der Waals surface area contributed by atoms with E-state index < -0.39 is 5.92 Å². The Morgan fingerprint density at radius 1 is 1.27 bits per heavy atom. The fourth-order valence-electron chi connectivity index (χ4n) is 4.94. The zero-order valence-corrected chi connectivity index (χ0v) is 24.7. The van der Waals surface area contributed by atoms with Crippen LogP contribution in [0.15, 0.2) is 68.8 Å². The average molecular weight is 593 g/mol. The summed E-state index contributed by atoms with van der Waals surface area (Å²) in [5.41, 5.74) is 8.74. The van der Waals surface area contributed by atoms with Crippen LogP contribution in [0, 0.1) is 16.7 Å². The highest BCUT2D eigenvalue weighted by Gasteiger charge is 2.45. The second kappa shape index (κ2) is 11.4. The lowest BCUT2D eigenvalue weighted by molar-refractivity contribution is -0.118. The number of anilines is 2. The first-order valence-electron chi connectivity index (χ1n) is 12.7. The Morgan fingerprint density at radius 2 is 2.05 bits per heavy atom. The molecule has 0 radical (unpaired) electrons. The molecule has 1 atom stereocenters. The lowest BCUT2D eigenvalue weighted by Gasteiger charge is -2.42. The first-order valence-corrected chi connectivity index (χ1v) is 15.4. The number of ketones is 1. The van der Waals surface area contributed by atoms with E-state index in [2.05, 4.69) is 35.4 Å². The van der Waals surface area contributed by atoms with Gasteiger partial charge < -0.3 is 15.8 Å². The molecule has 2 aliphatic rings. The summed E-state index contributed by atoms with van der Waals surface area (Å²) < 4.78 is 6.01. The smallest absolute Gasteiger partial charge is 0.234 e. The van der Waals surface area contributed by atoms with E-state index in [4.69, 9.17) is 10.5 Å². The molecule has 1 amide bonds. The summed E-state index contributed by atoms with van der Waals surface area (Å²) in [4.78, 5) is 28.7. The Balaban J connectivity index is 1.38. The van der Waals surface area contributed by atoms with Crippen LogP contribution in [-0.2, 0) is 9.59 Å². The van der Waals surface area contributed by atoms with Gasteiger partial charge in [-0.05, 0) is 54.5 Å². The molecule has 0 saturated heterocycles. The van der Waals surface area contributed by atoms with E-state index in [0.717, 1.165) is 16.3 Å². The Morgan fingerprint density at radius 3 is 2.73 bits per heavy atom. The van der Waals surface area contributed by atoms with Gasteiger partial charge in [-0.3, -0.25) is 14.5 Å².